The molecule has 0 bridgehead atoms. The van der Waals surface area contributed by atoms with Crippen molar-refractivity contribution in [3.8, 4) is 5.69 Å². The molecule has 1 saturated heterocycles. The Labute approximate surface area is 124 Å². The highest BCUT2D eigenvalue weighted by molar-refractivity contribution is 5.29. The van der Waals surface area contributed by atoms with Crippen LogP contribution in [0.2, 0.25) is 0 Å². The smallest absolute Gasteiger partial charge is 0.0972 e. The lowest BCUT2D eigenvalue weighted by molar-refractivity contribution is -0.0867. The van der Waals surface area contributed by atoms with Gasteiger partial charge in [0.25, 0.3) is 0 Å². The Balaban J connectivity index is 1.75. The minimum atomic E-state index is -0.352. The van der Waals surface area contributed by atoms with Crippen molar-refractivity contribution in [3.63, 3.8) is 0 Å². The van der Waals surface area contributed by atoms with Gasteiger partial charge in [0, 0.05) is 13.1 Å². The molecule has 2 aromatic rings. The summed E-state index contributed by atoms with van der Waals surface area (Å²) in [6, 6.07) is 9.90. The second-order valence-corrected chi connectivity index (χ2v) is 5.62. The molecule has 1 fully saturated rings. The van der Waals surface area contributed by atoms with Gasteiger partial charge in [0.1, 0.15) is 0 Å². The van der Waals surface area contributed by atoms with E-state index in [-0.39, 0.29) is 12.1 Å². The Bertz CT molecular complexity index is 586. The van der Waals surface area contributed by atoms with Crippen molar-refractivity contribution < 1.29 is 9.84 Å². The summed E-state index contributed by atoms with van der Waals surface area (Å²) >= 11 is 0. The number of morpholine rings is 1. The largest absolute Gasteiger partial charge is 0.394 e. The van der Waals surface area contributed by atoms with Crippen molar-refractivity contribution in [2.45, 2.75) is 19.0 Å². The van der Waals surface area contributed by atoms with Crippen LogP contribution in [0.25, 0.3) is 5.69 Å². The quantitative estimate of drug-likeness (QED) is 0.903. The molecule has 0 saturated carbocycles. The third kappa shape index (κ3) is 2.97. The number of benzene rings is 1. The molecule has 1 aliphatic rings. The van der Waals surface area contributed by atoms with Crippen molar-refractivity contribution in [1.82, 2.24) is 19.9 Å². The van der Waals surface area contributed by atoms with Crippen LogP contribution in [0.3, 0.4) is 0 Å². The van der Waals surface area contributed by atoms with Gasteiger partial charge in [-0.25, -0.2) is 4.68 Å². The zero-order valence-electron chi connectivity index (χ0n) is 12.1. The fraction of sp³-hybridized carbons (Fsp3) is 0.467. The highest BCUT2D eigenvalue weighted by Crippen LogP contribution is 2.21. The lowest BCUT2D eigenvalue weighted by atomic mass is 10.0. The van der Waals surface area contributed by atoms with Gasteiger partial charge in [-0.3, -0.25) is 4.90 Å². The van der Waals surface area contributed by atoms with Crippen LogP contribution in [0.5, 0.6) is 0 Å². The van der Waals surface area contributed by atoms with Crippen LogP contribution in [0.15, 0.2) is 36.5 Å². The second kappa shape index (κ2) is 5.93. The molecule has 1 unspecified atom stereocenters. The number of hydrogen-bond acceptors (Lipinski definition) is 5. The van der Waals surface area contributed by atoms with E-state index in [0.29, 0.717) is 19.8 Å². The molecule has 3 rings (SSSR count). The van der Waals surface area contributed by atoms with E-state index in [2.05, 4.69) is 15.2 Å². The molecule has 1 N–H and O–H groups in total. The Hall–Kier alpha value is -1.76. The number of aliphatic hydroxyl groups excluding tert-OH is 1. The van der Waals surface area contributed by atoms with Crippen molar-refractivity contribution in [1.29, 1.82) is 0 Å². The Kier molecular flexibility index (Phi) is 4.01. The monoisotopic (exact) mass is 288 g/mol. The van der Waals surface area contributed by atoms with E-state index in [4.69, 9.17) is 4.74 Å². The van der Waals surface area contributed by atoms with Crippen LogP contribution in [0.4, 0.5) is 0 Å². The van der Waals surface area contributed by atoms with Gasteiger partial charge >= 0.3 is 0 Å². The predicted molar refractivity (Wildman–Crippen MR) is 78.1 cm³/mol. The first-order valence-electron chi connectivity index (χ1n) is 7.12. The Morgan fingerprint density at radius 1 is 1.33 bits per heavy atom. The maximum Gasteiger partial charge on any atom is 0.0972 e. The molecule has 0 amide bonds. The van der Waals surface area contributed by atoms with Crippen molar-refractivity contribution in [2.75, 3.05) is 26.4 Å². The molecule has 1 aliphatic heterocycles. The summed E-state index contributed by atoms with van der Waals surface area (Å²) in [6.45, 7) is 4.74. The summed E-state index contributed by atoms with van der Waals surface area (Å²) in [5, 5.41) is 18.0. The van der Waals surface area contributed by atoms with E-state index >= 15 is 0 Å². The second-order valence-electron chi connectivity index (χ2n) is 5.62. The van der Waals surface area contributed by atoms with Crippen molar-refractivity contribution in [3.05, 3.63) is 42.2 Å². The molecule has 6 nitrogen and oxygen atoms in total. The first-order chi connectivity index (χ1) is 10.2. The molecule has 1 aromatic carbocycles. The first-order valence-corrected chi connectivity index (χ1v) is 7.12. The highest BCUT2D eigenvalue weighted by Gasteiger charge is 2.35. The van der Waals surface area contributed by atoms with Gasteiger partial charge < -0.3 is 9.84 Å². The number of aromatic nitrogens is 3. The molecule has 112 valence electrons. The zero-order chi connectivity index (χ0) is 14.7. The molecule has 1 atom stereocenters. The van der Waals surface area contributed by atoms with E-state index in [0.717, 1.165) is 17.9 Å². The van der Waals surface area contributed by atoms with E-state index in [1.54, 1.807) is 4.68 Å². The number of aliphatic hydroxyl groups is 1. The van der Waals surface area contributed by atoms with Crippen molar-refractivity contribution >= 4 is 0 Å². The zero-order valence-corrected chi connectivity index (χ0v) is 12.1. The number of rotatable bonds is 4. The van der Waals surface area contributed by atoms with Crippen molar-refractivity contribution in [2.24, 2.45) is 0 Å². The standard InChI is InChI=1S/C15H20N4O2/c1-15(11-20)12-21-8-7-18(15)9-13-10-19(17-16-13)14-5-3-2-4-6-14/h2-6,10,20H,7-9,11-12H2,1H3. The topological polar surface area (TPSA) is 63.4 Å². The van der Waals surface area contributed by atoms with E-state index in [9.17, 15) is 5.11 Å². The van der Waals surface area contributed by atoms with Gasteiger partial charge in [-0.15, -0.1) is 5.10 Å². The van der Waals surface area contributed by atoms with Gasteiger partial charge in [-0.05, 0) is 19.1 Å². The van der Waals surface area contributed by atoms with E-state index < -0.39 is 0 Å². The van der Waals surface area contributed by atoms with Crippen LogP contribution in [-0.2, 0) is 11.3 Å². The Morgan fingerprint density at radius 3 is 2.90 bits per heavy atom. The molecule has 0 radical (unpaired) electrons. The average molecular weight is 288 g/mol. The van der Waals surface area contributed by atoms with Crippen LogP contribution < -0.4 is 0 Å². The summed E-state index contributed by atoms with van der Waals surface area (Å²) < 4.78 is 7.25. The van der Waals surface area contributed by atoms with E-state index in [1.807, 2.05) is 43.5 Å². The van der Waals surface area contributed by atoms with E-state index in [1.165, 1.54) is 0 Å². The molecule has 2 heterocycles. The third-order valence-electron chi connectivity index (χ3n) is 3.94. The fourth-order valence-electron chi connectivity index (χ4n) is 2.52. The van der Waals surface area contributed by atoms with Gasteiger partial charge in [0.15, 0.2) is 0 Å². The van der Waals surface area contributed by atoms with Gasteiger partial charge in [0.2, 0.25) is 0 Å². The number of para-hydroxylation sites is 1. The number of nitrogens with zero attached hydrogens (tertiary/aromatic N) is 4. The molecule has 1 aromatic heterocycles. The first kappa shape index (κ1) is 14.2. The van der Waals surface area contributed by atoms with Gasteiger partial charge in [0.05, 0.1) is 42.9 Å². The SMILES string of the molecule is CC1(CO)COCCN1Cc1cn(-c2ccccc2)nn1. The van der Waals surface area contributed by atoms with Crippen LogP contribution in [0, 0.1) is 0 Å². The van der Waals surface area contributed by atoms with Crippen LogP contribution in [-0.4, -0.2) is 56.9 Å². The molecule has 6 heteroatoms. The summed E-state index contributed by atoms with van der Waals surface area (Å²) in [6.07, 6.45) is 1.93. The summed E-state index contributed by atoms with van der Waals surface area (Å²) in [5.41, 5.74) is 1.53. The average Bonchev–Trinajstić information content (AvgIpc) is 2.99. The molecular formula is C15H20N4O2. The number of ether oxygens (including phenoxy) is 1. The molecule has 0 aliphatic carbocycles. The predicted octanol–water partition coefficient (Wildman–Crippen LogP) is 0.850. The minimum Gasteiger partial charge on any atom is -0.394 e. The maximum absolute atomic E-state index is 9.62. The summed E-state index contributed by atoms with van der Waals surface area (Å²) in [7, 11) is 0. The summed E-state index contributed by atoms with van der Waals surface area (Å²) in [5.74, 6) is 0. The summed E-state index contributed by atoms with van der Waals surface area (Å²) in [4.78, 5) is 2.20. The molecule has 0 spiro atoms. The highest BCUT2D eigenvalue weighted by atomic mass is 16.5. The lowest BCUT2D eigenvalue weighted by Crippen LogP contribution is -2.56. The van der Waals surface area contributed by atoms with Gasteiger partial charge in [-0.2, -0.15) is 0 Å². The normalized spacial score (nSPS) is 23.3. The van der Waals surface area contributed by atoms with Crippen LogP contribution >= 0.6 is 0 Å². The maximum atomic E-state index is 9.62. The number of hydrogen-bond donors (Lipinski definition) is 1. The minimum absolute atomic E-state index is 0.0693. The fourth-order valence-corrected chi connectivity index (χ4v) is 2.52. The Morgan fingerprint density at radius 2 is 2.14 bits per heavy atom. The third-order valence-corrected chi connectivity index (χ3v) is 3.94. The molecular weight excluding hydrogens is 268 g/mol. The van der Waals surface area contributed by atoms with Crippen LogP contribution in [0.1, 0.15) is 12.6 Å². The lowest BCUT2D eigenvalue weighted by Gasteiger charge is -2.42. The molecule has 21 heavy (non-hydrogen) atoms. The van der Waals surface area contributed by atoms with Gasteiger partial charge in [-0.1, -0.05) is 23.4 Å².